The number of hydrogen-bond donors (Lipinski definition) is 1. The van der Waals surface area contributed by atoms with Crippen LogP contribution in [0.5, 0.6) is 0 Å². The quantitative estimate of drug-likeness (QED) is 0.853. The van der Waals surface area contributed by atoms with Crippen molar-refractivity contribution in [3.63, 3.8) is 0 Å². The van der Waals surface area contributed by atoms with E-state index in [9.17, 15) is 9.59 Å². The molecule has 2 aliphatic heterocycles. The Hall–Kier alpha value is -3.22. The van der Waals surface area contributed by atoms with Crippen LogP contribution in [-0.4, -0.2) is 46.1 Å². The average Bonchev–Trinajstić information content (AvgIpc) is 2.71. The molecule has 2 aromatic rings. The van der Waals surface area contributed by atoms with E-state index in [-0.39, 0.29) is 11.9 Å². The lowest BCUT2D eigenvalue weighted by atomic mass is 9.83. The van der Waals surface area contributed by atoms with E-state index in [1.165, 1.54) is 10.6 Å². The van der Waals surface area contributed by atoms with Gasteiger partial charge in [0.25, 0.3) is 0 Å². The van der Waals surface area contributed by atoms with Crippen molar-refractivity contribution in [2.75, 3.05) is 18.9 Å². The third kappa shape index (κ3) is 3.85. The molecule has 0 atom stereocenters. The van der Waals surface area contributed by atoms with Crippen LogP contribution in [0.2, 0.25) is 0 Å². The highest BCUT2D eigenvalue weighted by Crippen LogP contribution is 2.30. The minimum Gasteiger partial charge on any atom is -0.320 e. The minimum absolute atomic E-state index is 0.0171. The fourth-order valence-electron chi connectivity index (χ4n) is 3.86. The number of urea groups is 1. The predicted octanol–water partition coefficient (Wildman–Crippen LogP) is 3.26. The second kappa shape index (κ2) is 7.31. The molecule has 1 N–H and O–H groups in total. The second-order valence-electron chi connectivity index (χ2n) is 8.26. The largest absolute Gasteiger partial charge is 0.322 e. The Balaban J connectivity index is 1.43. The van der Waals surface area contributed by atoms with E-state index in [0.717, 1.165) is 28.9 Å². The number of fused-ring (bicyclic) bond motifs is 1. The molecule has 2 aliphatic rings. The Bertz CT molecular complexity index is 981. The molecule has 0 saturated heterocycles. The molecule has 3 amide bonds. The minimum atomic E-state index is -0.474. The number of hydrazone groups is 1. The number of carbonyl (C=O) groups is 2. The van der Waals surface area contributed by atoms with E-state index < -0.39 is 5.41 Å². The Morgan fingerprint density at radius 2 is 1.90 bits per heavy atom. The van der Waals surface area contributed by atoms with Crippen LogP contribution in [0, 0.1) is 5.41 Å². The summed E-state index contributed by atoms with van der Waals surface area (Å²) < 4.78 is 0. The number of amides is 3. The first-order valence-electron chi connectivity index (χ1n) is 9.77. The van der Waals surface area contributed by atoms with Gasteiger partial charge in [-0.05, 0) is 41.3 Å². The SMILES string of the molecule is CN1N=C(c2ccc(NC(=O)N3CCc4ccncc4C3)cc2)CC(C)(C)C1=O. The Morgan fingerprint density at radius 1 is 1.14 bits per heavy atom. The fraction of sp³-hybridized carbons (Fsp3) is 0.364. The van der Waals surface area contributed by atoms with Gasteiger partial charge in [0.1, 0.15) is 0 Å². The summed E-state index contributed by atoms with van der Waals surface area (Å²) in [7, 11) is 1.68. The summed E-state index contributed by atoms with van der Waals surface area (Å²) in [6, 6.07) is 9.52. The van der Waals surface area contributed by atoms with Gasteiger partial charge in [0, 0.05) is 44.6 Å². The zero-order valence-corrected chi connectivity index (χ0v) is 17.0. The van der Waals surface area contributed by atoms with E-state index in [1.54, 1.807) is 18.1 Å². The maximum Gasteiger partial charge on any atom is 0.322 e. The molecule has 150 valence electrons. The molecular weight excluding hydrogens is 366 g/mol. The number of aromatic nitrogens is 1. The van der Waals surface area contributed by atoms with Crippen LogP contribution in [0.1, 0.15) is 37.0 Å². The number of benzene rings is 1. The van der Waals surface area contributed by atoms with Gasteiger partial charge in [-0.15, -0.1) is 0 Å². The molecule has 0 unspecified atom stereocenters. The molecule has 7 heteroatoms. The van der Waals surface area contributed by atoms with Crippen LogP contribution in [-0.2, 0) is 17.8 Å². The first-order chi connectivity index (χ1) is 13.8. The lowest BCUT2D eigenvalue weighted by Crippen LogP contribution is -2.42. The summed E-state index contributed by atoms with van der Waals surface area (Å²) in [5, 5.41) is 8.79. The maximum absolute atomic E-state index is 12.7. The number of pyridine rings is 1. The van der Waals surface area contributed by atoms with Gasteiger partial charge >= 0.3 is 6.03 Å². The summed E-state index contributed by atoms with van der Waals surface area (Å²) in [5.41, 5.74) is 4.44. The van der Waals surface area contributed by atoms with Crippen molar-refractivity contribution in [2.24, 2.45) is 10.5 Å². The van der Waals surface area contributed by atoms with Gasteiger partial charge in [0.05, 0.1) is 11.1 Å². The van der Waals surface area contributed by atoms with Gasteiger partial charge in [-0.25, -0.2) is 9.80 Å². The maximum atomic E-state index is 12.7. The van der Waals surface area contributed by atoms with Crippen molar-refractivity contribution >= 4 is 23.3 Å². The Kier molecular flexibility index (Phi) is 4.82. The van der Waals surface area contributed by atoms with Crippen LogP contribution < -0.4 is 5.32 Å². The lowest BCUT2D eigenvalue weighted by molar-refractivity contribution is -0.139. The van der Waals surface area contributed by atoms with E-state index in [4.69, 9.17) is 0 Å². The van der Waals surface area contributed by atoms with Crippen molar-refractivity contribution in [2.45, 2.75) is 33.2 Å². The van der Waals surface area contributed by atoms with E-state index in [0.29, 0.717) is 19.5 Å². The van der Waals surface area contributed by atoms with Crippen molar-refractivity contribution in [3.05, 3.63) is 59.4 Å². The highest BCUT2D eigenvalue weighted by molar-refractivity contribution is 6.06. The highest BCUT2D eigenvalue weighted by atomic mass is 16.2. The summed E-state index contributed by atoms with van der Waals surface area (Å²) in [6.45, 7) is 5.12. The fourth-order valence-corrected chi connectivity index (χ4v) is 3.86. The standard InChI is InChI=1S/C22H25N5O2/c1-22(2)12-19(25-26(3)20(22)28)16-4-6-18(7-5-16)24-21(29)27-11-9-15-8-10-23-13-17(15)14-27/h4-8,10,13H,9,11-12,14H2,1-3H3,(H,24,29). The average molecular weight is 391 g/mol. The lowest BCUT2D eigenvalue weighted by Gasteiger charge is -2.32. The summed E-state index contributed by atoms with van der Waals surface area (Å²) >= 11 is 0. The zero-order chi connectivity index (χ0) is 20.6. The van der Waals surface area contributed by atoms with Crippen LogP contribution in [0.15, 0.2) is 47.8 Å². The zero-order valence-electron chi connectivity index (χ0n) is 17.0. The highest BCUT2D eigenvalue weighted by Gasteiger charge is 2.36. The topological polar surface area (TPSA) is 77.9 Å². The molecule has 29 heavy (non-hydrogen) atoms. The van der Waals surface area contributed by atoms with E-state index >= 15 is 0 Å². The third-order valence-corrected chi connectivity index (χ3v) is 5.53. The summed E-state index contributed by atoms with van der Waals surface area (Å²) in [5.74, 6) is 0.0171. The number of nitrogens with zero attached hydrogens (tertiary/aromatic N) is 4. The molecule has 1 aromatic heterocycles. The number of rotatable bonds is 2. The first kappa shape index (κ1) is 19.1. The predicted molar refractivity (Wildman–Crippen MR) is 112 cm³/mol. The molecule has 0 fully saturated rings. The van der Waals surface area contributed by atoms with Gasteiger partial charge < -0.3 is 10.2 Å². The number of anilines is 1. The summed E-state index contributed by atoms with van der Waals surface area (Å²) in [4.78, 5) is 30.8. The molecule has 1 aromatic carbocycles. The van der Waals surface area contributed by atoms with E-state index in [2.05, 4.69) is 15.4 Å². The van der Waals surface area contributed by atoms with Crippen molar-refractivity contribution in [1.82, 2.24) is 14.9 Å². The molecular formula is C22H25N5O2. The van der Waals surface area contributed by atoms with Crippen molar-refractivity contribution < 1.29 is 9.59 Å². The van der Waals surface area contributed by atoms with Gasteiger partial charge in [-0.1, -0.05) is 26.0 Å². The van der Waals surface area contributed by atoms with Crippen LogP contribution >= 0.6 is 0 Å². The van der Waals surface area contributed by atoms with Gasteiger partial charge in [-0.2, -0.15) is 5.10 Å². The van der Waals surface area contributed by atoms with Gasteiger partial charge in [-0.3, -0.25) is 9.78 Å². The molecule has 0 saturated carbocycles. The number of carbonyl (C=O) groups excluding carboxylic acids is 2. The molecule has 0 bridgehead atoms. The van der Waals surface area contributed by atoms with Crippen LogP contribution in [0.4, 0.5) is 10.5 Å². The number of nitrogens with one attached hydrogen (secondary N) is 1. The second-order valence-corrected chi connectivity index (χ2v) is 8.26. The van der Waals surface area contributed by atoms with Gasteiger partial charge in [0.2, 0.25) is 5.91 Å². The smallest absolute Gasteiger partial charge is 0.320 e. The van der Waals surface area contributed by atoms with Crippen LogP contribution in [0.3, 0.4) is 0 Å². The third-order valence-electron chi connectivity index (χ3n) is 5.53. The Morgan fingerprint density at radius 3 is 2.62 bits per heavy atom. The van der Waals surface area contributed by atoms with Gasteiger partial charge in [0.15, 0.2) is 0 Å². The normalized spacial score (nSPS) is 18.2. The molecule has 3 heterocycles. The van der Waals surface area contributed by atoms with Crippen molar-refractivity contribution in [1.29, 1.82) is 0 Å². The number of hydrogen-bond acceptors (Lipinski definition) is 4. The first-order valence-corrected chi connectivity index (χ1v) is 9.77. The molecule has 7 nitrogen and oxygen atoms in total. The summed E-state index contributed by atoms with van der Waals surface area (Å²) in [6.07, 6.45) is 5.05. The van der Waals surface area contributed by atoms with Crippen LogP contribution in [0.25, 0.3) is 0 Å². The molecule has 0 spiro atoms. The molecule has 0 radical (unpaired) electrons. The Labute approximate surface area is 170 Å². The monoisotopic (exact) mass is 391 g/mol. The van der Waals surface area contributed by atoms with E-state index in [1.807, 2.05) is 50.4 Å². The van der Waals surface area contributed by atoms with Crippen molar-refractivity contribution in [3.8, 4) is 0 Å². The molecule has 0 aliphatic carbocycles. The molecule has 4 rings (SSSR count).